The van der Waals surface area contributed by atoms with Crippen molar-refractivity contribution >= 4 is 45.0 Å². The van der Waals surface area contributed by atoms with Crippen molar-refractivity contribution in [3.8, 4) is 0 Å². The number of nitrogens with zero attached hydrogens (tertiary/aromatic N) is 1. The molecule has 128 valence electrons. The maximum absolute atomic E-state index is 12.0. The summed E-state index contributed by atoms with van der Waals surface area (Å²) in [6.07, 6.45) is 0.196. The number of carbonyl (C=O) groups is 2. The Hall–Kier alpha value is -2.44. The molecule has 2 amide bonds. The van der Waals surface area contributed by atoms with E-state index in [4.69, 9.17) is 11.6 Å². The van der Waals surface area contributed by atoms with Crippen LogP contribution in [-0.4, -0.2) is 23.3 Å². The third kappa shape index (κ3) is 4.55. The van der Waals surface area contributed by atoms with Crippen molar-refractivity contribution in [2.24, 2.45) is 0 Å². The highest BCUT2D eigenvalue weighted by Crippen LogP contribution is 2.21. The van der Waals surface area contributed by atoms with Crippen LogP contribution in [0.4, 0.5) is 0 Å². The number of hydrogen-bond donors (Lipinski definition) is 2. The Labute approximate surface area is 154 Å². The topological polar surface area (TPSA) is 71.1 Å². The van der Waals surface area contributed by atoms with Gasteiger partial charge in [0.25, 0.3) is 5.91 Å². The zero-order valence-electron chi connectivity index (χ0n) is 13.3. The molecule has 5 nitrogen and oxygen atoms in total. The lowest BCUT2D eigenvalue weighted by Crippen LogP contribution is -2.30. The third-order valence-corrected chi connectivity index (χ3v) is 4.90. The second-order valence-corrected chi connectivity index (χ2v) is 6.86. The summed E-state index contributed by atoms with van der Waals surface area (Å²) in [6, 6.07) is 14.6. The van der Waals surface area contributed by atoms with Gasteiger partial charge in [-0.1, -0.05) is 35.9 Å². The molecule has 0 aliphatic heterocycles. The number of aromatic nitrogens is 1. The molecule has 0 atom stereocenters. The Bertz CT molecular complexity index is 877. The standard InChI is InChI=1S/C18H16ClN3O2S/c19-13-6-2-1-5-12(13)18(24)20-10-9-16(23)21-11-17-22-14-7-3-4-8-15(14)25-17/h1-8H,9-11H2,(H,20,24)(H,21,23). The van der Waals surface area contributed by atoms with Crippen LogP contribution in [0, 0.1) is 0 Å². The average Bonchev–Trinajstić information content (AvgIpc) is 3.03. The van der Waals surface area contributed by atoms with E-state index >= 15 is 0 Å². The van der Waals surface area contributed by atoms with E-state index in [1.54, 1.807) is 35.6 Å². The van der Waals surface area contributed by atoms with E-state index in [1.165, 1.54) is 0 Å². The number of fused-ring (bicyclic) bond motifs is 1. The summed E-state index contributed by atoms with van der Waals surface area (Å²) < 4.78 is 1.10. The summed E-state index contributed by atoms with van der Waals surface area (Å²) in [7, 11) is 0. The van der Waals surface area contributed by atoms with E-state index in [1.807, 2.05) is 24.3 Å². The number of hydrogen-bond acceptors (Lipinski definition) is 4. The number of benzene rings is 2. The first-order valence-corrected chi connectivity index (χ1v) is 8.97. The summed E-state index contributed by atoms with van der Waals surface area (Å²) in [6.45, 7) is 0.631. The maximum atomic E-state index is 12.0. The minimum absolute atomic E-state index is 0.140. The number of nitrogens with one attached hydrogen (secondary N) is 2. The van der Waals surface area contributed by atoms with Gasteiger partial charge in [-0.2, -0.15) is 0 Å². The number of thiazole rings is 1. The molecular weight excluding hydrogens is 358 g/mol. The molecule has 0 saturated heterocycles. The fourth-order valence-electron chi connectivity index (χ4n) is 2.29. The lowest BCUT2D eigenvalue weighted by atomic mass is 10.2. The predicted molar refractivity (Wildman–Crippen MR) is 99.9 cm³/mol. The summed E-state index contributed by atoms with van der Waals surface area (Å²) >= 11 is 7.52. The molecule has 1 aromatic heterocycles. The van der Waals surface area contributed by atoms with Crippen LogP contribution >= 0.6 is 22.9 Å². The molecule has 0 unspecified atom stereocenters. The molecule has 2 N–H and O–H groups in total. The molecule has 0 radical (unpaired) electrons. The minimum Gasteiger partial charge on any atom is -0.351 e. The van der Waals surface area contributed by atoms with Gasteiger partial charge in [0.1, 0.15) is 5.01 Å². The number of rotatable bonds is 6. The van der Waals surface area contributed by atoms with Crippen LogP contribution in [0.5, 0.6) is 0 Å². The molecule has 25 heavy (non-hydrogen) atoms. The number of halogens is 1. The van der Waals surface area contributed by atoms with Gasteiger partial charge >= 0.3 is 0 Å². The lowest BCUT2D eigenvalue weighted by Gasteiger charge is -2.07. The zero-order chi connectivity index (χ0) is 17.6. The largest absolute Gasteiger partial charge is 0.351 e. The third-order valence-electron chi connectivity index (χ3n) is 3.53. The van der Waals surface area contributed by atoms with Crippen LogP contribution in [0.15, 0.2) is 48.5 Å². The van der Waals surface area contributed by atoms with Crippen molar-refractivity contribution in [3.05, 3.63) is 64.1 Å². The molecule has 3 rings (SSSR count). The van der Waals surface area contributed by atoms with Crippen molar-refractivity contribution in [3.63, 3.8) is 0 Å². The highest BCUT2D eigenvalue weighted by atomic mass is 35.5. The Morgan fingerprint density at radius 2 is 1.80 bits per heavy atom. The van der Waals surface area contributed by atoms with E-state index in [2.05, 4.69) is 15.6 Å². The Balaban J connectivity index is 1.44. The van der Waals surface area contributed by atoms with E-state index in [-0.39, 0.29) is 24.8 Å². The molecular formula is C18H16ClN3O2S. The van der Waals surface area contributed by atoms with Crippen LogP contribution < -0.4 is 10.6 Å². The van der Waals surface area contributed by atoms with Gasteiger partial charge in [0.15, 0.2) is 0 Å². The highest BCUT2D eigenvalue weighted by molar-refractivity contribution is 7.18. The molecule has 0 spiro atoms. The fourth-order valence-corrected chi connectivity index (χ4v) is 3.42. The van der Waals surface area contributed by atoms with Crippen molar-refractivity contribution in [1.82, 2.24) is 15.6 Å². The molecule has 0 bridgehead atoms. The van der Waals surface area contributed by atoms with Crippen molar-refractivity contribution in [2.75, 3.05) is 6.54 Å². The quantitative estimate of drug-likeness (QED) is 0.695. The molecule has 7 heteroatoms. The van der Waals surface area contributed by atoms with Gasteiger partial charge in [-0.25, -0.2) is 4.98 Å². The average molecular weight is 374 g/mol. The summed E-state index contributed by atoms with van der Waals surface area (Å²) in [5.74, 6) is -0.428. The van der Waals surface area contributed by atoms with Crippen LogP contribution in [0.25, 0.3) is 10.2 Å². The van der Waals surface area contributed by atoms with E-state index in [0.29, 0.717) is 17.1 Å². The van der Waals surface area contributed by atoms with Gasteiger partial charge in [-0.15, -0.1) is 11.3 Å². The number of para-hydroxylation sites is 1. The highest BCUT2D eigenvalue weighted by Gasteiger charge is 2.10. The van der Waals surface area contributed by atoms with Crippen molar-refractivity contribution in [2.45, 2.75) is 13.0 Å². The first-order valence-electron chi connectivity index (χ1n) is 7.77. The molecule has 1 heterocycles. The lowest BCUT2D eigenvalue weighted by molar-refractivity contribution is -0.121. The van der Waals surface area contributed by atoms with Gasteiger partial charge in [0, 0.05) is 13.0 Å². The zero-order valence-corrected chi connectivity index (χ0v) is 14.9. The summed E-state index contributed by atoms with van der Waals surface area (Å²) in [5, 5.41) is 6.75. The van der Waals surface area contributed by atoms with Gasteiger partial charge in [-0.05, 0) is 24.3 Å². The molecule has 3 aromatic rings. The summed E-state index contributed by atoms with van der Waals surface area (Å²) in [5.41, 5.74) is 1.34. The normalized spacial score (nSPS) is 10.6. The smallest absolute Gasteiger partial charge is 0.252 e. The van der Waals surface area contributed by atoms with Crippen molar-refractivity contribution < 1.29 is 9.59 Å². The molecule has 0 saturated carbocycles. The first kappa shape index (κ1) is 17.4. The second-order valence-electron chi connectivity index (χ2n) is 5.34. The second kappa shape index (κ2) is 8.09. The van der Waals surface area contributed by atoms with Gasteiger partial charge < -0.3 is 10.6 Å². The van der Waals surface area contributed by atoms with E-state index in [9.17, 15) is 9.59 Å². The molecule has 2 aromatic carbocycles. The van der Waals surface area contributed by atoms with Gasteiger partial charge in [0.2, 0.25) is 5.91 Å². The first-order chi connectivity index (χ1) is 12.1. The molecule has 0 aliphatic carbocycles. The maximum Gasteiger partial charge on any atom is 0.252 e. The number of amides is 2. The monoisotopic (exact) mass is 373 g/mol. The van der Waals surface area contributed by atoms with Crippen LogP contribution in [0.1, 0.15) is 21.8 Å². The van der Waals surface area contributed by atoms with Crippen molar-refractivity contribution in [1.29, 1.82) is 0 Å². The molecule has 0 fully saturated rings. The molecule has 0 aliphatic rings. The summed E-state index contributed by atoms with van der Waals surface area (Å²) in [4.78, 5) is 28.4. The van der Waals surface area contributed by atoms with Gasteiger partial charge in [-0.3, -0.25) is 9.59 Å². The van der Waals surface area contributed by atoms with Crippen LogP contribution in [-0.2, 0) is 11.3 Å². The minimum atomic E-state index is -0.287. The van der Waals surface area contributed by atoms with Gasteiger partial charge in [0.05, 0.1) is 27.3 Å². The van der Waals surface area contributed by atoms with E-state index in [0.717, 1.165) is 15.2 Å². The van der Waals surface area contributed by atoms with Crippen LogP contribution in [0.3, 0.4) is 0 Å². The Kier molecular flexibility index (Phi) is 5.63. The Morgan fingerprint density at radius 1 is 1.04 bits per heavy atom. The van der Waals surface area contributed by atoms with E-state index < -0.39 is 0 Å². The predicted octanol–water partition coefficient (Wildman–Crippen LogP) is 3.39. The Morgan fingerprint density at radius 3 is 2.60 bits per heavy atom. The van der Waals surface area contributed by atoms with Crippen LogP contribution in [0.2, 0.25) is 5.02 Å². The fraction of sp³-hybridized carbons (Fsp3) is 0.167. The SMILES string of the molecule is O=C(CCNC(=O)c1ccccc1Cl)NCc1nc2ccccc2s1. The number of carbonyl (C=O) groups excluding carboxylic acids is 2.